The zero-order valence-corrected chi connectivity index (χ0v) is 20.6. The molecule has 0 atom stereocenters. The molecule has 2 fully saturated rings. The van der Waals surface area contributed by atoms with E-state index in [-0.39, 0.29) is 10.8 Å². The summed E-state index contributed by atoms with van der Waals surface area (Å²) in [5, 5.41) is 8.84. The number of aryl methyl sites for hydroxylation is 1. The Bertz CT molecular complexity index is 1300. The van der Waals surface area contributed by atoms with E-state index in [2.05, 4.69) is 28.1 Å². The van der Waals surface area contributed by atoms with Crippen molar-refractivity contribution in [1.29, 1.82) is 0 Å². The predicted molar refractivity (Wildman–Crippen MR) is 135 cm³/mol. The van der Waals surface area contributed by atoms with Crippen LogP contribution in [-0.4, -0.2) is 73.0 Å². The molecule has 0 spiro atoms. The summed E-state index contributed by atoms with van der Waals surface area (Å²) in [6.07, 6.45) is 1.79. The van der Waals surface area contributed by atoms with Gasteiger partial charge in [0.05, 0.1) is 10.6 Å². The lowest BCUT2D eigenvalue weighted by molar-refractivity contribution is 0.0746. The Labute approximate surface area is 206 Å². The van der Waals surface area contributed by atoms with Crippen molar-refractivity contribution in [3.63, 3.8) is 0 Å². The van der Waals surface area contributed by atoms with Crippen LogP contribution in [0.5, 0.6) is 0 Å². The molecule has 2 saturated heterocycles. The second-order valence-corrected chi connectivity index (χ2v) is 10.9. The highest BCUT2D eigenvalue weighted by Gasteiger charge is 2.28. The molecule has 0 unspecified atom stereocenters. The summed E-state index contributed by atoms with van der Waals surface area (Å²) >= 11 is 0. The van der Waals surface area contributed by atoms with E-state index >= 15 is 0 Å². The van der Waals surface area contributed by atoms with E-state index in [1.807, 2.05) is 30.3 Å². The first kappa shape index (κ1) is 23.4. The molecule has 2 aromatic carbocycles. The van der Waals surface area contributed by atoms with Gasteiger partial charge in [-0.3, -0.25) is 4.79 Å². The number of hydrogen-bond acceptors (Lipinski definition) is 6. The van der Waals surface area contributed by atoms with E-state index in [9.17, 15) is 13.2 Å². The highest BCUT2D eigenvalue weighted by Crippen LogP contribution is 2.24. The van der Waals surface area contributed by atoms with Crippen LogP contribution in [0.2, 0.25) is 0 Å². The first-order valence-corrected chi connectivity index (χ1v) is 13.4. The summed E-state index contributed by atoms with van der Waals surface area (Å²) in [5.41, 5.74) is 3.57. The maximum Gasteiger partial charge on any atom is 0.253 e. The smallest absolute Gasteiger partial charge is 0.253 e. The lowest BCUT2D eigenvalue weighted by atomic mass is 10.1. The van der Waals surface area contributed by atoms with Gasteiger partial charge in [0, 0.05) is 50.4 Å². The van der Waals surface area contributed by atoms with E-state index in [1.54, 1.807) is 29.2 Å². The van der Waals surface area contributed by atoms with Gasteiger partial charge >= 0.3 is 0 Å². The van der Waals surface area contributed by atoms with Gasteiger partial charge in [0.15, 0.2) is 5.82 Å². The number of aromatic nitrogens is 2. The maximum absolute atomic E-state index is 13.0. The quantitative estimate of drug-likeness (QED) is 0.545. The Kier molecular flexibility index (Phi) is 6.53. The number of nitrogens with zero attached hydrogens (tertiary/aromatic N) is 5. The molecule has 1 amide bonds. The van der Waals surface area contributed by atoms with Gasteiger partial charge in [0.25, 0.3) is 5.91 Å². The van der Waals surface area contributed by atoms with Crippen molar-refractivity contribution in [3.05, 3.63) is 71.8 Å². The molecule has 3 aromatic rings. The molecular formula is C26H29N5O3S. The second-order valence-electron chi connectivity index (χ2n) is 9.01. The van der Waals surface area contributed by atoms with Crippen molar-refractivity contribution in [2.24, 2.45) is 0 Å². The van der Waals surface area contributed by atoms with Gasteiger partial charge in [-0.25, -0.2) is 8.42 Å². The van der Waals surface area contributed by atoms with Crippen LogP contribution in [0, 0.1) is 6.92 Å². The van der Waals surface area contributed by atoms with Crippen LogP contribution in [0.3, 0.4) is 0 Å². The number of carbonyl (C=O) groups is 1. The van der Waals surface area contributed by atoms with Gasteiger partial charge in [-0.2, -0.15) is 4.31 Å². The molecule has 3 heterocycles. The third kappa shape index (κ3) is 4.78. The zero-order valence-electron chi connectivity index (χ0n) is 19.8. The number of benzene rings is 2. The first-order valence-electron chi connectivity index (χ1n) is 12.0. The molecule has 0 saturated carbocycles. The number of rotatable bonds is 5. The fourth-order valence-corrected chi connectivity index (χ4v) is 6.18. The highest BCUT2D eigenvalue weighted by molar-refractivity contribution is 7.89. The Hall–Kier alpha value is -3.30. The Morgan fingerprint density at radius 3 is 2.11 bits per heavy atom. The van der Waals surface area contributed by atoms with Crippen LogP contribution < -0.4 is 4.90 Å². The molecule has 5 rings (SSSR count). The molecule has 9 heteroatoms. The molecule has 0 radical (unpaired) electrons. The Morgan fingerprint density at radius 1 is 0.800 bits per heavy atom. The fraction of sp³-hybridized carbons (Fsp3) is 0.346. The van der Waals surface area contributed by atoms with E-state index in [4.69, 9.17) is 0 Å². The van der Waals surface area contributed by atoms with Crippen molar-refractivity contribution in [3.8, 4) is 11.3 Å². The number of piperazine rings is 1. The van der Waals surface area contributed by atoms with Gasteiger partial charge in [-0.05, 0) is 61.7 Å². The third-order valence-corrected chi connectivity index (χ3v) is 8.68. The van der Waals surface area contributed by atoms with E-state index in [0.29, 0.717) is 44.8 Å². The normalized spacial score (nSPS) is 17.1. The van der Waals surface area contributed by atoms with Crippen molar-refractivity contribution >= 4 is 21.7 Å². The number of amides is 1. The van der Waals surface area contributed by atoms with Crippen molar-refractivity contribution < 1.29 is 13.2 Å². The number of carbonyl (C=O) groups excluding carboxylic acids is 1. The summed E-state index contributed by atoms with van der Waals surface area (Å²) in [4.78, 5) is 17.2. The van der Waals surface area contributed by atoms with Gasteiger partial charge in [-0.15, -0.1) is 10.2 Å². The Balaban J connectivity index is 1.20. The Morgan fingerprint density at radius 2 is 1.49 bits per heavy atom. The predicted octanol–water partition coefficient (Wildman–Crippen LogP) is 3.20. The lowest BCUT2D eigenvalue weighted by Gasteiger charge is -2.35. The summed E-state index contributed by atoms with van der Waals surface area (Å²) in [5.74, 6) is 0.710. The molecule has 0 aliphatic carbocycles. The van der Waals surface area contributed by atoms with Crippen molar-refractivity contribution in [1.82, 2.24) is 19.4 Å². The monoisotopic (exact) mass is 491 g/mol. The molecule has 182 valence electrons. The lowest BCUT2D eigenvalue weighted by Crippen LogP contribution is -2.49. The van der Waals surface area contributed by atoms with Crippen molar-refractivity contribution in [2.75, 3.05) is 44.2 Å². The highest BCUT2D eigenvalue weighted by atomic mass is 32.2. The minimum Gasteiger partial charge on any atom is -0.352 e. The standard InChI is InChI=1S/C26H29N5O3S/c1-20-6-2-3-7-23(20)24-12-13-25(28-27-24)29-16-18-30(19-17-29)26(32)21-8-10-22(11-9-21)35(33,34)31-14-4-5-15-31/h2-3,6-13H,4-5,14-19H2,1H3. The molecule has 2 aliphatic heterocycles. The molecule has 1 aromatic heterocycles. The van der Waals surface area contributed by atoms with Crippen LogP contribution in [0.1, 0.15) is 28.8 Å². The van der Waals surface area contributed by atoms with Gasteiger partial charge in [-0.1, -0.05) is 24.3 Å². The summed E-state index contributed by atoms with van der Waals surface area (Å²) in [7, 11) is -3.48. The molecule has 35 heavy (non-hydrogen) atoms. The van der Waals surface area contributed by atoms with E-state index in [1.165, 1.54) is 4.31 Å². The van der Waals surface area contributed by atoms with E-state index in [0.717, 1.165) is 35.5 Å². The van der Waals surface area contributed by atoms with Gasteiger partial charge < -0.3 is 9.80 Å². The molecular weight excluding hydrogens is 462 g/mol. The largest absolute Gasteiger partial charge is 0.352 e. The average Bonchev–Trinajstić information content (AvgIpc) is 3.45. The third-order valence-electron chi connectivity index (χ3n) is 6.77. The average molecular weight is 492 g/mol. The summed E-state index contributed by atoms with van der Waals surface area (Å²) in [6.45, 7) is 5.62. The van der Waals surface area contributed by atoms with E-state index < -0.39 is 10.0 Å². The zero-order chi connectivity index (χ0) is 24.4. The topological polar surface area (TPSA) is 86.7 Å². The first-order chi connectivity index (χ1) is 16.9. The van der Waals surface area contributed by atoms with Crippen LogP contribution in [0.4, 0.5) is 5.82 Å². The molecule has 0 bridgehead atoms. The molecule has 8 nitrogen and oxygen atoms in total. The number of sulfonamides is 1. The van der Waals surface area contributed by atoms with Crippen LogP contribution >= 0.6 is 0 Å². The SMILES string of the molecule is Cc1ccccc1-c1ccc(N2CCN(C(=O)c3ccc(S(=O)(=O)N4CCCC4)cc3)CC2)nn1. The summed E-state index contributed by atoms with van der Waals surface area (Å²) in [6, 6.07) is 18.4. The van der Waals surface area contributed by atoms with Gasteiger partial charge in [0.1, 0.15) is 0 Å². The van der Waals surface area contributed by atoms with Gasteiger partial charge in [0.2, 0.25) is 10.0 Å². The maximum atomic E-state index is 13.0. The minimum absolute atomic E-state index is 0.0873. The number of anilines is 1. The molecule has 2 aliphatic rings. The summed E-state index contributed by atoms with van der Waals surface area (Å²) < 4.78 is 27.0. The van der Waals surface area contributed by atoms with Crippen LogP contribution in [0.25, 0.3) is 11.3 Å². The minimum atomic E-state index is -3.48. The fourth-order valence-electron chi connectivity index (χ4n) is 4.67. The van der Waals surface area contributed by atoms with Crippen LogP contribution in [0.15, 0.2) is 65.6 Å². The van der Waals surface area contributed by atoms with Crippen molar-refractivity contribution in [2.45, 2.75) is 24.7 Å². The second kappa shape index (κ2) is 9.75. The number of hydrogen-bond donors (Lipinski definition) is 0. The molecule has 0 N–H and O–H groups in total. The van der Waals surface area contributed by atoms with Crippen LogP contribution in [-0.2, 0) is 10.0 Å².